The molecule has 0 aromatic carbocycles. The Bertz CT molecular complexity index is 256. The SMILES string of the molecule is CCC1CCCCCN1C(N)=NC1CCCC1. The lowest BCUT2D eigenvalue weighted by Gasteiger charge is -2.30. The van der Waals surface area contributed by atoms with Crippen molar-refractivity contribution in [1.82, 2.24) is 4.90 Å². The molecule has 0 aromatic heterocycles. The van der Waals surface area contributed by atoms with Crippen molar-refractivity contribution in [1.29, 1.82) is 0 Å². The van der Waals surface area contributed by atoms with Gasteiger partial charge in [-0.1, -0.05) is 32.6 Å². The Balaban J connectivity index is 2.00. The molecule has 1 aliphatic carbocycles. The number of nitrogens with two attached hydrogens (primary N) is 1. The van der Waals surface area contributed by atoms with Gasteiger partial charge in [0.15, 0.2) is 5.96 Å². The van der Waals surface area contributed by atoms with E-state index in [4.69, 9.17) is 10.7 Å². The summed E-state index contributed by atoms with van der Waals surface area (Å²) in [5.41, 5.74) is 6.24. The topological polar surface area (TPSA) is 41.6 Å². The Morgan fingerprint density at radius 1 is 1.12 bits per heavy atom. The van der Waals surface area contributed by atoms with Crippen LogP contribution in [0.5, 0.6) is 0 Å². The van der Waals surface area contributed by atoms with E-state index in [0.29, 0.717) is 12.1 Å². The molecule has 3 nitrogen and oxygen atoms in total. The van der Waals surface area contributed by atoms with Crippen LogP contribution in [-0.4, -0.2) is 29.5 Å². The number of hydrogen-bond donors (Lipinski definition) is 1. The highest BCUT2D eigenvalue weighted by molar-refractivity contribution is 5.78. The van der Waals surface area contributed by atoms with Crippen molar-refractivity contribution in [2.75, 3.05) is 6.54 Å². The Hall–Kier alpha value is -0.730. The lowest BCUT2D eigenvalue weighted by atomic mass is 10.1. The molecular weight excluding hydrogens is 210 g/mol. The van der Waals surface area contributed by atoms with Crippen molar-refractivity contribution < 1.29 is 0 Å². The standard InChI is InChI=1S/C14H27N3/c1-2-13-10-4-3-7-11-17(13)14(15)16-12-8-5-6-9-12/h12-13H,2-11H2,1H3,(H2,15,16). The summed E-state index contributed by atoms with van der Waals surface area (Å²) in [5.74, 6) is 0.825. The summed E-state index contributed by atoms with van der Waals surface area (Å²) >= 11 is 0. The molecule has 1 saturated carbocycles. The van der Waals surface area contributed by atoms with E-state index in [1.54, 1.807) is 0 Å². The van der Waals surface area contributed by atoms with Crippen molar-refractivity contribution in [3.63, 3.8) is 0 Å². The van der Waals surface area contributed by atoms with Crippen LogP contribution in [0.25, 0.3) is 0 Å². The molecule has 2 rings (SSSR count). The smallest absolute Gasteiger partial charge is 0.191 e. The van der Waals surface area contributed by atoms with Crippen LogP contribution < -0.4 is 5.73 Å². The predicted octanol–water partition coefficient (Wildman–Crippen LogP) is 2.90. The predicted molar refractivity (Wildman–Crippen MR) is 73.1 cm³/mol. The highest BCUT2D eigenvalue weighted by atomic mass is 15.3. The average molecular weight is 237 g/mol. The number of guanidine groups is 1. The second-order valence-corrected chi connectivity index (χ2v) is 5.53. The monoisotopic (exact) mass is 237 g/mol. The van der Waals surface area contributed by atoms with Crippen LogP contribution >= 0.6 is 0 Å². The molecule has 2 aliphatic rings. The molecule has 1 unspecified atom stereocenters. The van der Waals surface area contributed by atoms with E-state index in [0.717, 1.165) is 12.5 Å². The van der Waals surface area contributed by atoms with Gasteiger partial charge in [-0.2, -0.15) is 0 Å². The van der Waals surface area contributed by atoms with Gasteiger partial charge in [0.05, 0.1) is 6.04 Å². The van der Waals surface area contributed by atoms with Crippen LogP contribution in [0.15, 0.2) is 4.99 Å². The Kier molecular flexibility index (Phi) is 4.69. The molecule has 17 heavy (non-hydrogen) atoms. The zero-order valence-corrected chi connectivity index (χ0v) is 11.2. The van der Waals surface area contributed by atoms with Gasteiger partial charge in [0.2, 0.25) is 0 Å². The second kappa shape index (κ2) is 6.27. The van der Waals surface area contributed by atoms with Crippen LogP contribution in [0.4, 0.5) is 0 Å². The van der Waals surface area contributed by atoms with Gasteiger partial charge < -0.3 is 10.6 Å². The molecule has 0 bridgehead atoms. The molecule has 0 spiro atoms. The first kappa shape index (κ1) is 12.7. The molecule has 1 saturated heterocycles. The molecule has 2 fully saturated rings. The third-order valence-corrected chi connectivity index (χ3v) is 4.28. The second-order valence-electron chi connectivity index (χ2n) is 5.53. The fourth-order valence-electron chi connectivity index (χ4n) is 3.20. The molecule has 2 N–H and O–H groups in total. The van der Waals surface area contributed by atoms with Crippen molar-refractivity contribution >= 4 is 5.96 Å². The van der Waals surface area contributed by atoms with Crippen LogP contribution in [0.2, 0.25) is 0 Å². The average Bonchev–Trinajstić information content (AvgIpc) is 2.71. The number of hydrogen-bond acceptors (Lipinski definition) is 1. The van der Waals surface area contributed by atoms with Crippen LogP contribution in [0.3, 0.4) is 0 Å². The van der Waals surface area contributed by atoms with E-state index >= 15 is 0 Å². The first-order chi connectivity index (χ1) is 8.31. The maximum absolute atomic E-state index is 6.24. The van der Waals surface area contributed by atoms with E-state index < -0.39 is 0 Å². The summed E-state index contributed by atoms with van der Waals surface area (Å²) < 4.78 is 0. The molecule has 1 heterocycles. The summed E-state index contributed by atoms with van der Waals surface area (Å²) in [6, 6.07) is 1.14. The maximum Gasteiger partial charge on any atom is 0.191 e. The Morgan fingerprint density at radius 3 is 2.53 bits per heavy atom. The highest BCUT2D eigenvalue weighted by Crippen LogP contribution is 2.23. The third-order valence-electron chi connectivity index (χ3n) is 4.28. The van der Waals surface area contributed by atoms with E-state index in [1.165, 1.54) is 57.8 Å². The summed E-state index contributed by atoms with van der Waals surface area (Å²) in [7, 11) is 0. The van der Waals surface area contributed by atoms with Gasteiger partial charge in [-0.25, -0.2) is 4.99 Å². The lowest BCUT2D eigenvalue weighted by Crippen LogP contribution is -2.44. The lowest BCUT2D eigenvalue weighted by molar-refractivity contribution is 0.302. The molecule has 1 atom stereocenters. The van der Waals surface area contributed by atoms with Crippen LogP contribution in [-0.2, 0) is 0 Å². The maximum atomic E-state index is 6.24. The quantitative estimate of drug-likeness (QED) is 0.592. The third kappa shape index (κ3) is 3.36. The molecule has 0 aromatic rings. The molecule has 3 heteroatoms. The van der Waals surface area contributed by atoms with Crippen molar-refractivity contribution in [3.05, 3.63) is 0 Å². The van der Waals surface area contributed by atoms with Gasteiger partial charge in [0.25, 0.3) is 0 Å². The van der Waals surface area contributed by atoms with Gasteiger partial charge >= 0.3 is 0 Å². The highest BCUT2D eigenvalue weighted by Gasteiger charge is 2.22. The summed E-state index contributed by atoms with van der Waals surface area (Å²) in [4.78, 5) is 7.14. The fourth-order valence-corrected chi connectivity index (χ4v) is 3.20. The Labute approximate surface area is 105 Å². The van der Waals surface area contributed by atoms with E-state index in [9.17, 15) is 0 Å². The van der Waals surface area contributed by atoms with E-state index in [1.807, 2.05) is 0 Å². The number of rotatable bonds is 2. The van der Waals surface area contributed by atoms with Crippen molar-refractivity contribution in [3.8, 4) is 0 Å². The van der Waals surface area contributed by atoms with Gasteiger partial charge in [-0.15, -0.1) is 0 Å². The minimum Gasteiger partial charge on any atom is -0.370 e. The first-order valence-corrected chi connectivity index (χ1v) is 7.41. The molecule has 98 valence electrons. The van der Waals surface area contributed by atoms with E-state index in [2.05, 4.69) is 11.8 Å². The first-order valence-electron chi connectivity index (χ1n) is 7.41. The van der Waals surface area contributed by atoms with Gasteiger partial charge in [0.1, 0.15) is 0 Å². The minimum atomic E-state index is 0.510. The van der Waals surface area contributed by atoms with Crippen molar-refractivity contribution in [2.45, 2.75) is 76.8 Å². The summed E-state index contributed by atoms with van der Waals surface area (Å²) in [6.45, 7) is 3.38. The molecular formula is C14H27N3. The van der Waals surface area contributed by atoms with Crippen molar-refractivity contribution in [2.24, 2.45) is 10.7 Å². The Morgan fingerprint density at radius 2 is 1.82 bits per heavy atom. The number of nitrogens with zero attached hydrogens (tertiary/aromatic N) is 2. The van der Waals surface area contributed by atoms with Crippen LogP contribution in [0, 0.1) is 0 Å². The normalized spacial score (nSPS) is 28.4. The van der Waals surface area contributed by atoms with E-state index in [-0.39, 0.29) is 0 Å². The number of aliphatic imine (C=N–C) groups is 1. The molecule has 0 amide bonds. The zero-order chi connectivity index (χ0) is 12.1. The summed E-state index contributed by atoms with van der Waals surface area (Å²) in [5, 5.41) is 0. The summed E-state index contributed by atoms with van der Waals surface area (Å²) in [6.07, 6.45) is 11.6. The minimum absolute atomic E-state index is 0.510. The fraction of sp³-hybridized carbons (Fsp3) is 0.929. The van der Waals surface area contributed by atoms with Gasteiger partial charge in [0, 0.05) is 12.6 Å². The van der Waals surface area contributed by atoms with Gasteiger partial charge in [-0.05, 0) is 32.1 Å². The van der Waals surface area contributed by atoms with Crippen LogP contribution in [0.1, 0.15) is 64.7 Å². The zero-order valence-electron chi connectivity index (χ0n) is 11.2. The number of likely N-dealkylation sites (tertiary alicyclic amines) is 1. The largest absolute Gasteiger partial charge is 0.370 e. The van der Waals surface area contributed by atoms with Gasteiger partial charge in [-0.3, -0.25) is 0 Å². The molecule has 0 radical (unpaired) electrons. The molecule has 1 aliphatic heterocycles.